The van der Waals surface area contributed by atoms with Crippen molar-refractivity contribution in [3.63, 3.8) is 0 Å². The van der Waals surface area contributed by atoms with Crippen molar-refractivity contribution in [2.75, 3.05) is 13.1 Å². The first-order valence-electron chi connectivity index (χ1n) is 5.85. The van der Waals surface area contributed by atoms with Crippen LogP contribution < -0.4 is 5.32 Å². The van der Waals surface area contributed by atoms with E-state index in [9.17, 15) is 9.59 Å². The summed E-state index contributed by atoms with van der Waals surface area (Å²) in [7, 11) is 0. The molecule has 6 heteroatoms. The Kier molecular flexibility index (Phi) is 3.66. The molecular formula is C12H16N2O4. The predicted molar refractivity (Wildman–Crippen MR) is 62.7 cm³/mol. The van der Waals surface area contributed by atoms with E-state index in [1.807, 2.05) is 0 Å². The lowest BCUT2D eigenvalue weighted by molar-refractivity contribution is -0.142. The van der Waals surface area contributed by atoms with Gasteiger partial charge in [-0.3, -0.25) is 9.59 Å². The first-order valence-corrected chi connectivity index (χ1v) is 5.85. The van der Waals surface area contributed by atoms with Crippen LogP contribution in [-0.4, -0.2) is 41.0 Å². The zero-order chi connectivity index (χ0) is 13.1. The van der Waals surface area contributed by atoms with Gasteiger partial charge in [-0.1, -0.05) is 0 Å². The summed E-state index contributed by atoms with van der Waals surface area (Å²) in [5.74, 6) is -0.931. The van der Waals surface area contributed by atoms with Crippen molar-refractivity contribution in [2.24, 2.45) is 5.92 Å². The van der Waals surface area contributed by atoms with Crippen LogP contribution in [0.15, 0.2) is 22.8 Å². The van der Waals surface area contributed by atoms with Gasteiger partial charge in [0.05, 0.1) is 24.8 Å². The van der Waals surface area contributed by atoms with E-state index in [0.717, 1.165) is 0 Å². The normalized spacial score (nSPS) is 24.9. The number of carbonyl (C=O) groups excluding carboxylic acids is 1. The summed E-state index contributed by atoms with van der Waals surface area (Å²) in [6.45, 7) is 2.55. The average molecular weight is 252 g/mol. The van der Waals surface area contributed by atoms with E-state index >= 15 is 0 Å². The van der Waals surface area contributed by atoms with E-state index in [-0.39, 0.29) is 18.5 Å². The van der Waals surface area contributed by atoms with Gasteiger partial charge in [0.1, 0.15) is 5.76 Å². The first kappa shape index (κ1) is 12.6. The van der Waals surface area contributed by atoms with Crippen molar-refractivity contribution in [3.05, 3.63) is 24.2 Å². The fourth-order valence-corrected chi connectivity index (χ4v) is 2.00. The molecular weight excluding hydrogens is 236 g/mol. The number of hydrogen-bond acceptors (Lipinski definition) is 4. The van der Waals surface area contributed by atoms with E-state index in [1.54, 1.807) is 19.1 Å². The standard InChI is InChI=1S/C12H16N2O4/c1-8-11(15)14(7-10-3-2-4-18-10)6-9(5-13-8)12(16)17/h2-4,8-9,13H,5-7H2,1H3,(H,16,17). The van der Waals surface area contributed by atoms with Gasteiger partial charge in [-0.25, -0.2) is 0 Å². The lowest BCUT2D eigenvalue weighted by atomic mass is 10.1. The van der Waals surface area contributed by atoms with Crippen molar-refractivity contribution >= 4 is 11.9 Å². The van der Waals surface area contributed by atoms with E-state index in [2.05, 4.69) is 5.32 Å². The van der Waals surface area contributed by atoms with E-state index in [4.69, 9.17) is 9.52 Å². The molecule has 1 aliphatic rings. The van der Waals surface area contributed by atoms with Crippen molar-refractivity contribution in [1.29, 1.82) is 0 Å². The molecule has 18 heavy (non-hydrogen) atoms. The molecule has 6 nitrogen and oxygen atoms in total. The Bertz CT molecular complexity index is 429. The van der Waals surface area contributed by atoms with Gasteiger partial charge in [-0.05, 0) is 19.1 Å². The van der Waals surface area contributed by atoms with Crippen LogP contribution in [0.25, 0.3) is 0 Å². The van der Waals surface area contributed by atoms with Crippen molar-refractivity contribution in [1.82, 2.24) is 10.2 Å². The third-order valence-electron chi connectivity index (χ3n) is 3.07. The SMILES string of the molecule is CC1NCC(C(=O)O)CN(Cc2ccco2)C1=O. The molecule has 0 aromatic carbocycles. The van der Waals surface area contributed by atoms with Crippen molar-refractivity contribution in [3.8, 4) is 0 Å². The molecule has 98 valence electrons. The molecule has 2 rings (SSSR count). The Morgan fingerprint density at radius 3 is 3.06 bits per heavy atom. The zero-order valence-corrected chi connectivity index (χ0v) is 10.1. The number of carboxylic acids is 1. The molecule has 1 amide bonds. The fourth-order valence-electron chi connectivity index (χ4n) is 2.00. The van der Waals surface area contributed by atoms with Gasteiger partial charge in [-0.2, -0.15) is 0 Å². The molecule has 1 aliphatic heterocycles. The summed E-state index contributed by atoms with van der Waals surface area (Å²) in [6, 6.07) is 3.14. The Morgan fingerprint density at radius 2 is 2.44 bits per heavy atom. The van der Waals surface area contributed by atoms with E-state index in [1.165, 1.54) is 11.2 Å². The second-order valence-corrected chi connectivity index (χ2v) is 4.46. The summed E-state index contributed by atoms with van der Waals surface area (Å²) in [6.07, 6.45) is 1.54. The molecule has 0 spiro atoms. The zero-order valence-electron chi connectivity index (χ0n) is 10.1. The minimum absolute atomic E-state index is 0.102. The van der Waals surface area contributed by atoms with Crippen molar-refractivity contribution in [2.45, 2.75) is 19.5 Å². The van der Waals surface area contributed by atoms with Gasteiger partial charge in [0, 0.05) is 13.1 Å². The van der Waals surface area contributed by atoms with E-state index < -0.39 is 11.9 Å². The van der Waals surface area contributed by atoms with Crippen LogP contribution in [0.2, 0.25) is 0 Å². The Hall–Kier alpha value is -1.82. The molecule has 0 radical (unpaired) electrons. The topological polar surface area (TPSA) is 82.8 Å². The van der Waals surface area contributed by atoms with Gasteiger partial charge in [-0.15, -0.1) is 0 Å². The van der Waals surface area contributed by atoms with Gasteiger partial charge in [0.15, 0.2) is 0 Å². The Balaban J connectivity index is 2.13. The minimum atomic E-state index is -0.895. The average Bonchev–Trinajstić information content (AvgIpc) is 2.79. The lowest BCUT2D eigenvalue weighted by Crippen LogP contribution is -2.41. The third kappa shape index (κ3) is 2.70. The molecule has 0 saturated carbocycles. The minimum Gasteiger partial charge on any atom is -0.481 e. The van der Waals surface area contributed by atoms with Crippen molar-refractivity contribution < 1.29 is 19.1 Å². The number of rotatable bonds is 3. The number of carbonyl (C=O) groups is 2. The number of amides is 1. The summed E-state index contributed by atoms with van der Waals surface area (Å²) in [5.41, 5.74) is 0. The second-order valence-electron chi connectivity index (χ2n) is 4.46. The quantitative estimate of drug-likeness (QED) is 0.808. The number of nitrogens with zero attached hydrogens (tertiary/aromatic N) is 1. The Morgan fingerprint density at radius 1 is 1.67 bits per heavy atom. The number of furan rings is 1. The van der Waals surface area contributed by atoms with Crippen LogP contribution >= 0.6 is 0 Å². The number of carboxylic acid groups (broad SMARTS) is 1. The predicted octanol–water partition coefficient (Wildman–Crippen LogP) is 0.301. The molecule has 1 fully saturated rings. The summed E-state index contributed by atoms with van der Waals surface area (Å²) >= 11 is 0. The van der Waals surface area contributed by atoms with Gasteiger partial charge < -0.3 is 19.7 Å². The van der Waals surface area contributed by atoms with Crippen LogP contribution in [-0.2, 0) is 16.1 Å². The number of aliphatic carboxylic acids is 1. The molecule has 2 heterocycles. The third-order valence-corrected chi connectivity index (χ3v) is 3.07. The summed E-state index contributed by atoms with van der Waals surface area (Å²) < 4.78 is 5.19. The van der Waals surface area contributed by atoms with Gasteiger partial charge >= 0.3 is 5.97 Å². The summed E-state index contributed by atoms with van der Waals surface area (Å²) in [5, 5.41) is 12.0. The fraction of sp³-hybridized carbons (Fsp3) is 0.500. The molecule has 2 atom stereocenters. The number of hydrogen-bond donors (Lipinski definition) is 2. The van der Waals surface area contributed by atoms with Gasteiger partial charge in [0.2, 0.25) is 5.91 Å². The molecule has 1 aromatic rings. The highest BCUT2D eigenvalue weighted by molar-refractivity contribution is 5.83. The molecule has 0 bridgehead atoms. The first-order chi connectivity index (χ1) is 8.58. The highest BCUT2D eigenvalue weighted by Gasteiger charge is 2.31. The molecule has 2 N–H and O–H groups in total. The maximum absolute atomic E-state index is 12.1. The maximum Gasteiger partial charge on any atom is 0.309 e. The lowest BCUT2D eigenvalue weighted by Gasteiger charge is -2.22. The van der Waals surface area contributed by atoms with Crippen LogP contribution in [0.3, 0.4) is 0 Å². The summed E-state index contributed by atoms with van der Waals surface area (Å²) in [4.78, 5) is 24.7. The van der Waals surface area contributed by atoms with Crippen LogP contribution in [0.5, 0.6) is 0 Å². The second kappa shape index (κ2) is 5.22. The number of nitrogens with one attached hydrogen (secondary N) is 1. The highest BCUT2D eigenvalue weighted by atomic mass is 16.4. The molecule has 1 saturated heterocycles. The molecule has 0 aliphatic carbocycles. The van der Waals surface area contributed by atoms with Gasteiger partial charge in [0.25, 0.3) is 0 Å². The highest BCUT2D eigenvalue weighted by Crippen LogP contribution is 2.13. The smallest absolute Gasteiger partial charge is 0.309 e. The van der Waals surface area contributed by atoms with Crippen LogP contribution in [0.1, 0.15) is 12.7 Å². The maximum atomic E-state index is 12.1. The molecule has 1 aromatic heterocycles. The monoisotopic (exact) mass is 252 g/mol. The largest absolute Gasteiger partial charge is 0.481 e. The molecule has 2 unspecified atom stereocenters. The van der Waals surface area contributed by atoms with Crippen LogP contribution in [0.4, 0.5) is 0 Å². The van der Waals surface area contributed by atoms with E-state index in [0.29, 0.717) is 18.8 Å². The van der Waals surface area contributed by atoms with Crippen LogP contribution in [0, 0.1) is 5.92 Å². The Labute approximate surface area is 105 Å².